The molecule has 1 aromatic carbocycles. The van der Waals surface area contributed by atoms with Gasteiger partial charge in [-0.15, -0.1) is 0 Å². The monoisotopic (exact) mass is 280 g/mol. The molecule has 0 aromatic heterocycles. The third-order valence-electron chi connectivity index (χ3n) is 3.57. The lowest BCUT2D eigenvalue weighted by Crippen LogP contribution is -2.34. The van der Waals surface area contributed by atoms with Crippen LogP contribution in [0.5, 0.6) is 0 Å². The summed E-state index contributed by atoms with van der Waals surface area (Å²) in [6.07, 6.45) is 1.26. The minimum Gasteiger partial charge on any atom is -0.383 e. The highest BCUT2D eigenvalue weighted by Gasteiger charge is 2.39. The quantitative estimate of drug-likeness (QED) is 0.867. The van der Waals surface area contributed by atoms with Crippen LogP contribution in [0.4, 0.5) is 4.39 Å². The molecule has 1 N–H and O–H groups in total. The normalized spacial score (nSPS) is 22.6. The molecule has 0 spiro atoms. The number of carbonyl (C=O) groups excluding carboxylic acids is 1. The average Bonchev–Trinajstić information content (AvgIpc) is 2.74. The van der Waals surface area contributed by atoms with Gasteiger partial charge in [0.1, 0.15) is 12.0 Å². The maximum Gasteiger partial charge on any atom is 0.241 e. The summed E-state index contributed by atoms with van der Waals surface area (Å²) in [5.41, 5.74) is 0.510. The number of rotatable bonds is 6. The summed E-state index contributed by atoms with van der Waals surface area (Å²) in [6.45, 7) is 2.93. The van der Waals surface area contributed by atoms with Gasteiger partial charge < -0.3 is 9.64 Å². The number of ether oxygens (including phenoxy) is 1. The maximum atomic E-state index is 14.0. The Hall–Kier alpha value is -1.46. The number of nitrogens with one attached hydrogen (secondary N) is 1. The van der Waals surface area contributed by atoms with Crippen LogP contribution in [0, 0.1) is 5.82 Å². The largest absolute Gasteiger partial charge is 0.383 e. The molecule has 110 valence electrons. The molecule has 0 saturated carbocycles. The summed E-state index contributed by atoms with van der Waals surface area (Å²) in [4.78, 5) is 14.1. The third-order valence-corrected chi connectivity index (χ3v) is 3.57. The van der Waals surface area contributed by atoms with E-state index in [4.69, 9.17) is 4.74 Å². The van der Waals surface area contributed by atoms with E-state index in [1.54, 1.807) is 30.2 Å². The Morgan fingerprint density at radius 2 is 2.15 bits per heavy atom. The van der Waals surface area contributed by atoms with Gasteiger partial charge in [-0.3, -0.25) is 10.1 Å². The molecule has 1 aromatic rings. The molecule has 2 rings (SSSR count). The second-order valence-corrected chi connectivity index (χ2v) is 4.96. The number of amides is 1. The van der Waals surface area contributed by atoms with Crippen molar-refractivity contribution in [3.63, 3.8) is 0 Å². The Morgan fingerprint density at radius 1 is 1.40 bits per heavy atom. The van der Waals surface area contributed by atoms with Gasteiger partial charge in [0, 0.05) is 19.2 Å². The molecule has 1 aliphatic rings. The summed E-state index contributed by atoms with van der Waals surface area (Å²) >= 11 is 0. The SMILES string of the molecule is CCCC1NC(c2ccccc2F)N(CCOC)C1=O. The molecule has 2 unspecified atom stereocenters. The van der Waals surface area contributed by atoms with Gasteiger partial charge in [0.05, 0.1) is 12.6 Å². The Bertz CT molecular complexity index is 467. The van der Waals surface area contributed by atoms with Crippen molar-refractivity contribution < 1.29 is 13.9 Å². The lowest BCUT2D eigenvalue weighted by molar-refractivity contribution is -0.130. The minimum absolute atomic E-state index is 0.0251. The predicted octanol–water partition coefficient (Wildman–Crippen LogP) is 2.07. The highest BCUT2D eigenvalue weighted by Crippen LogP contribution is 2.28. The van der Waals surface area contributed by atoms with Crippen molar-refractivity contribution in [3.05, 3.63) is 35.6 Å². The molecular formula is C15H21FN2O2. The van der Waals surface area contributed by atoms with Crippen molar-refractivity contribution in [2.75, 3.05) is 20.3 Å². The van der Waals surface area contributed by atoms with E-state index < -0.39 is 6.17 Å². The number of hydrogen-bond donors (Lipinski definition) is 1. The number of methoxy groups -OCH3 is 1. The standard InChI is InChI=1S/C15H21FN2O2/c1-3-6-13-15(19)18(9-10-20-2)14(17-13)11-7-4-5-8-12(11)16/h4-5,7-8,13-14,17H,3,6,9-10H2,1-2H3. The van der Waals surface area contributed by atoms with Crippen molar-refractivity contribution in [2.45, 2.75) is 32.0 Å². The Morgan fingerprint density at radius 3 is 2.80 bits per heavy atom. The smallest absolute Gasteiger partial charge is 0.241 e. The molecule has 1 aliphatic heterocycles. The number of nitrogens with zero attached hydrogens (tertiary/aromatic N) is 1. The van der Waals surface area contributed by atoms with Crippen LogP contribution in [0.1, 0.15) is 31.5 Å². The second-order valence-electron chi connectivity index (χ2n) is 4.96. The van der Waals surface area contributed by atoms with E-state index in [1.807, 2.05) is 6.92 Å². The third kappa shape index (κ3) is 2.99. The van der Waals surface area contributed by atoms with E-state index in [0.717, 1.165) is 12.8 Å². The first-order chi connectivity index (χ1) is 9.69. The van der Waals surface area contributed by atoms with Gasteiger partial charge in [0.2, 0.25) is 5.91 Å². The molecule has 1 fully saturated rings. The number of halogens is 1. The van der Waals surface area contributed by atoms with Crippen LogP contribution in [-0.4, -0.2) is 37.1 Å². The van der Waals surface area contributed by atoms with Gasteiger partial charge in [-0.25, -0.2) is 4.39 Å². The molecule has 1 saturated heterocycles. The Kier molecular flexibility index (Phi) is 5.09. The van der Waals surface area contributed by atoms with Crippen molar-refractivity contribution >= 4 is 5.91 Å². The van der Waals surface area contributed by atoms with E-state index in [0.29, 0.717) is 18.7 Å². The number of benzene rings is 1. The molecule has 5 heteroatoms. The summed E-state index contributed by atoms with van der Waals surface area (Å²) in [5, 5.41) is 3.24. The van der Waals surface area contributed by atoms with Gasteiger partial charge in [0.25, 0.3) is 0 Å². The van der Waals surface area contributed by atoms with Crippen LogP contribution in [0.25, 0.3) is 0 Å². The predicted molar refractivity (Wildman–Crippen MR) is 74.6 cm³/mol. The highest BCUT2D eigenvalue weighted by molar-refractivity contribution is 5.84. The maximum absolute atomic E-state index is 14.0. The second kappa shape index (κ2) is 6.81. The first-order valence-electron chi connectivity index (χ1n) is 6.99. The van der Waals surface area contributed by atoms with Crippen LogP contribution in [0.15, 0.2) is 24.3 Å². The lowest BCUT2D eigenvalue weighted by atomic mass is 10.1. The molecule has 0 aliphatic carbocycles. The van der Waals surface area contributed by atoms with Crippen molar-refractivity contribution in [1.29, 1.82) is 0 Å². The van der Waals surface area contributed by atoms with E-state index in [2.05, 4.69) is 5.32 Å². The molecule has 0 radical (unpaired) electrons. The fourth-order valence-electron chi connectivity index (χ4n) is 2.56. The van der Waals surface area contributed by atoms with Crippen molar-refractivity contribution in [3.8, 4) is 0 Å². The molecular weight excluding hydrogens is 259 g/mol. The van der Waals surface area contributed by atoms with Crippen LogP contribution in [0.2, 0.25) is 0 Å². The zero-order valence-corrected chi connectivity index (χ0v) is 11.9. The van der Waals surface area contributed by atoms with E-state index in [1.165, 1.54) is 6.07 Å². The van der Waals surface area contributed by atoms with E-state index in [-0.39, 0.29) is 17.8 Å². The lowest BCUT2D eigenvalue weighted by Gasteiger charge is -2.24. The average molecular weight is 280 g/mol. The Labute approximate surface area is 118 Å². The molecule has 1 amide bonds. The van der Waals surface area contributed by atoms with Gasteiger partial charge >= 0.3 is 0 Å². The van der Waals surface area contributed by atoms with Gasteiger partial charge in [-0.05, 0) is 12.5 Å². The first-order valence-corrected chi connectivity index (χ1v) is 6.99. The molecule has 2 atom stereocenters. The molecule has 1 heterocycles. The fraction of sp³-hybridized carbons (Fsp3) is 0.533. The zero-order valence-electron chi connectivity index (χ0n) is 11.9. The van der Waals surface area contributed by atoms with Crippen LogP contribution in [-0.2, 0) is 9.53 Å². The summed E-state index contributed by atoms with van der Waals surface area (Å²) in [7, 11) is 1.59. The van der Waals surface area contributed by atoms with Gasteiger partial charge in [-0.2, -0.15) is 0 Å². The molecule has 4 nitrogen and oxygen atoms in total. The van der Waals surface area contributed by atoms with Gasteiger partial charge in [0.15, 0.2) is 0 Å². The highest BCUT2D eigenvalue weighted by atomic mass is 19.1. The minimum atomic E-state index is -0.407. The van der Waals surface area contributed by atoms with Crippen molar-refractivity contribution in [1.82, 2.24) is 10.2 Å². The van der Waals surface area contributed by atoms with E-state index >= 15 is 0 Å². The summed E-state index contributed by atoms with van der Waals surface area (Å²) < 4.78 is 19.0. The Balaban J connectivity index is 2.24. The summed E-state index contributed by atoms with van der Waals surface area (Å²) in [6, 6.07) is 6.34. The number of carbonyl (C=O) groups is 1. The van der Waals surface area contributed by atoms with Gasteiger partial charge in [-0.1, -0.05) is 31.5 Å². The zero-order chi connectivity index (χ0) is 14.5. The molecule has 0 bridgehead atoms. The van der Waals surface area contributed by atoms with Crippen molar-refractivity contribution in [2.24, 2.45) is 0 Å². The molecule has 20 heavy (non-hydrogen) atoms. The topological polar surface area (TPSA) is 41.6 Å². The fourth-order valence-corrected chi connectivity index (χ4v) is 2.56. The first kappa shape index (κ1) is 14.9. The van der Waals surface area contributed by atoms with E-state index in [9.17, 15) is 9.18 Å². The van der Waals surface area contributed by atoms with Crippen LogP contribution >= 0.6 is 0 Å². The number of hydrogen-bond acceptors (Lipinski definition) is 3. The van der Waals surface area contributed by atoms with Crippen LogP contribution in [0.3, 0.4) is 0 Å². The summed E-state index contributed by atoms with van der Waals surface area (Å²) in [5.74, 6) is -0.269. The van der Waals surface area contributed by atoms with Crippen LogP contribution < -0.4 is 5.32 Å².